The van der Waals surface area contributed by atoms with E-state index >= 15 is 0 Å². The minimum Gasteiger partial charge on any atom is -0.461 e. The number of ether oxygens (including phenoxy) is 1. The highest BCUT2D eigenvalue weighted by molar-refractivity contribution is 5.39. The molecule has 6 nitrogen and oxygen atoms in total. The Kier molecular flexibility index (Phi) is 5.20. The molecule has 1 saturated heterocycles. The molecule has 0 spiro atoms. The second kappa shape index (κ2) is 6.91. The van der Waals surface area contributed by atoms with Gasteiger partial charge in [-0.2, -0.15) is 15.0 Å². The van der Waals surface area contributed by atoms with Gasteiger partial charge in [0, 0.05) is 19.6 Å². The van der Waals surface area contributed by atoms with Gasteiger partial charge in [-0.1, -0.05) is 13.8 Å². The molecule has 0 aliphatic carbocycles. The fourth-order valence-electron chi connectivity index (χ4n) is 2.50. The molecule has 1 aliphatic heterocycles. The number of nitrogens with zero attached hydrogens (tertiary/aromatic N) is 4. The van der Waals surface area contributed by atoms with Crippen LogP contribution in [0, 0.1) is 11.8 Å². The van der Waals surface area contributed by atoms with E-state index < -0.39 is 0 Å². The highest BCUT2D eigenvalue weighted by atomic mass is 16.5. The van der Waals surface area contributed by atoms with Gasteiger partial charge in [0.2, 0.25) is 11.9 Å². The van der Waals surface area contributed by atoms with Crippen LogP contribution in [0.3, 0.4) is 0 Å². The Labute approximate surface area is 127 Å². The maximum Gasteiger partial charge on any atom is 0.323 e. The molecule has 1 fully saturated rings. The Bertz CT molecular complexity index is 463. The summed E-state index contributed by atoms with van der Waals surface area (Å²) >= 11 is 0. The van der Waals surface area contributed by atoms with Crippen molar-refractivity contribution in [1.29, 1.82) is 0 Å². The summed E-state index contributed by atoms with van der Waals surface area (Å²) in [7, 11) is 0. The molecule has 21 heavy (non-hydrogen) atoms. The quantitative estimate of drug-likeness (QED) is 0.869. The summed E-state index contributed by atoms with van der Waals surface area (Å²) in [4.78, 5) is 15.5. The Hall–Kier alpha value is -1.59. The molecule has 1 aromatic rings. The fraction of sp³-hybridized carbons (Fsp3) is 0.800. The Morgan fingerprint density at radius 1 is 1.24 bits per heavy atom. The van der Waals surface area contributed by atoms with Crippen LogP contribution in [0.25, 0.3) is 0 Å². The van der Waals surface area contributed by atoms with E-state index in [2.05, 4.69) is 39.0 Å². The van der Waals surface area contributed by atoms with Crippen LogP contribution >= 0.6 is 0 Å². The molecule has 1 unspecified atom stereocenters. The van der Waals surface area contributed by atoms with Crippen molar-refractivity contribution >= 4 is 11.9 Å². The predicted molar refractivity (Wildman–Crippen MR) is 84.9 cm³/mol. The molecule has 2 heterocycles. The standard InChI is InChI=1S/C15H27N5O/c1-6-16-13-17-14(19-15(18-13)21-11(4)5)20-8-7-12(9-20)10(2)3/h10-12H,6-9H2,1-5H3,(H,16,17,18,19). The maximum atomic E-state index is 5.65. The molecule has 6 heteroatoms. The van der Waals surface area contributed by atoms with Crippen molar-refractivity contribution in [3.8, 4) is 6.01 Å². The van der Waals surface area contributed by atoms with Gasteiger partial charge in [0.1, 0.15) is 0 Å². The largest absolute Gasteiger partial charge is 0.461 e. The maximum absolute atomic E-state index is 5.65. The zero-order chi connectivity index (χ0) is 15.4. The van der Waals surface area contributed by atoms with Gasteiger partial charge in [0.15, 0.2) is 0 Å². The van der Waals surface area contributed by atoms with Crippen molar-refractivity contribution < 1.29 is 4.74 Å². The van der Waals surface area contributed by atoms with Crippen LogP contribution in [0.1, 0.15) is 41.0 Å². The molecule has 0 radical (unpaired) electrons. The third-order valence-electron chi connectivity index (χ3n) is 3.73. The van der Waals surface area contributed by atoms with Crippen LogP contribution < -0.4 is 15.0 Å². The number of hydrogen-bond donors (Lipinski definition) is 1. The number of hydrogen-bond acceptors (Lipinski definition) is 6. The molecule has 118 valence electrons. The van der Waals surface area contributed by atoms with E-state index in [0.29, 0.717) is 23.8 Å². The fourth-order valence-corrected chi connectivity index (χ4v) is 2.50. The van der Waals surface area contributed by atoms with E-state index in [4.69, 9.17) is 4.74 Å². The van der Waals surface area contributed by atoms with Gasteiger partial charge in [-0.3, -0.25) is 0 Å². The lowest BCUT2D eigenvalue weighted by atomic mass is 9.95. The summed E-state index contributed by atoms with van der Waals surface area (Å²) in [6.07, 6.45) is 1.25. The summed E-state index contributed by atoms with van der Waals surface area (Å²) in [6.45, 7) is 13.3. The van der Waals surface area contributed by atoms with Gasteiger partial charge in [-0.15, -0.1) is 0 Å². The summed E-state index contributed by atoms with van der Waals surface area (Å²) in [5.74, 6) is 2.71. The molecule has 0 amide bonds. The number of aromatic nitrogens is 3. The zero-order valence-corrected chi connectivity index (χ0v) is 13.8. The third kappa shape index (κ3) is 4.19. The second-order valence-electron chi connectivity index (χ2n) is 6.18. The number of nitrogens with one attached hydrogen (secondary N) is 1. The molecule has 0 bridgehead atoms. The number of anilines is 2. The lowest BCUT2D eigenvalue weighted by Crippen LogP contribution is -2.24. The van der Waals surface area contributed by atoms with Crippen molar-refractivity contribution in [3.05, 3.63) is 0 Å². The van der Waals surface area contributed by atoms with Crippen LogP contribution in [-0.2, 0) is 0 Å². The molecule has 1 N–H and O–H groups in total. The second-order valence-corrected chi connectivity index (χ2v) is 6.18. The molecule has 0 aromatic carbocycles. The summed E-state index contributed by atoms with van der Waals surface area (Å²) in [5, 5.41) is 3.15. The Morgan fingerprint density at radius 2 is 2.00 bits per heavy atom. The van der Waals surface area contributed by atoms with E-state index in [9.17, 15) is 0 Å². The van der Waals surface area contributed by atoms with Crippen LogP contribution in [0.4, 0.5) is 11.9 Å². The van der Waals surface area contributed by atoms with Gasteiger partial charge >= 0.3 is 6.01 Å². The van der Waals surface area contributed by atoms with E-state index in [1.54, 1.807) is 0 Å². The first-order valence-electron chi connectivity index (χ1n) is 7.91. The van der Waals surface area contributed by atoms with Crippen LogP contribution in [0.15, 0.2) is 0 Å². The van der Waals surface area contributed by atoms with E-state index in [1.807, 2.05) is 20.8 Å². The minimum atomic E-state index is 0.0525. The predicted octanol–water partition coefficient (Wildman–Crippen LogP) is 2.57. The average Bonchev–Trinajstić information content (AvgIpc) is 2.87. The zero-order valence-electron chi connectivity index (χ0n) is 13.8. The van der Waals surface area contributed by atoms with Crippen molar-refractivity contribution in [3.63, 3.8) is 0 Å². The number of rotatable bonds is 6. The molecule has 2 rings (SSSR count). The molecule has 0 saturated carbocycles. The molecule has 1 aromatic heterocycles. The van der Waals surface area contributed by atoms with E-state index in [-0.39, 0.29) is 6.10 Å². The first-order chi connectivity index (χ1) is 9.99. The van der Waals surface area contributed by atoms with Crippen LogP contribution in [-0.4, -0.2) is 40.7 Å². The van der Waals surface area contributed by atoms with Gasteiger partial charge in [-0.25, -0.2) is 0 Å². The van der Waals surface area contributed by atoms with Gasteiger partial charge in [0.25, 0.3) is 0 Å². The highest BCUT2D eigenvalue weighted by Gasteiger charge is 2.27. The molecule has 1 atom stereocenters. The molecular formula is C15H27N5O. The minimum absolute atomic E-state index is 0.0525. The lowest BCUT2D eigenvalue weighted by molar-refractivity contribution is 0.222. The highest BCUT2D eigenvalue weighted by Crippen LogP contribution is 2.27. The van der Waals surface area contributed by atoms with Gasteiger partial charge < -0.3 is 15.0 Å². The summed E-state index contributed by atoms with van der Waals surface area (Å²) in [5.41, 5.74) is 0. The topological polar surface area (TPSA) is 63.2 Å². The SMILES string of the molecule is CCNc1nc(OC(C)C)nc(N2CCC(C(C)C)C2)n1. The first-order valence-corrected chi connectivity index (χ1v) is 7.91. The first kappa shape index (κ1) is 15.8. The van der Waals surface area contributed by atoms with Crippen LogP contribution in [0.2, 0.25) is 0 Å². The van der Waals surface area contributed by atoms with Crippen molar-refractivity contribution in [2.75, 3.05) is 29.9 Å². The van der Waals surface area contributed by atoms with Gasteiger partial charge in [-0.05, 0) is 39.0 Å². The Morgan fingerprint density at radius 3 is 2.57 bits per heavy atom. The molecule has 1 aliphatic rings. The van der Waals surface area contributed by atoms with Crippen molar-refractivity contribution in [2.45, 2.75) is 47.1 Å². The third-order valence-corrected chi connectivity index (χ3v) is 3.73. The normalized spacial score (nSPS) is 18.6. The van der Waals surface area contributed by atoms with Crippen LogP contribution in [0.5, 0.6) is 6.01 Å². The average molecular weight is 293 g/mol. The lowest BCUT2D eigenvalue weighted by Gasteiger charge is -2.19. The van der Waals surface area contributed by atoms with E-state index in [0.717, 1.165) is 25.6 Å². The summed E-state index contributed by atoms with van der Waals surface area (Å²) < 4.78 is 5.65. The monoisotopic (exact) mass is 293 g/mol. The van der Waals surface area contributed by atoms with Crippen molar-refractivity contribution in [1.82, 2.24) is 15.0 Å². The Balaban J connectivity index is 2.19. The van der Waals surface area contributed by atoms with Crippen molar-refractivity contribution in [2.24, 2.45) is 11.8 Å². The molecular weight excluding hydrogens is 266 g/mol. The van der Waals surface area contributed by atoms with Gasteiger partial charge in [0.05, 0.1) is 6.10 Å². The summed E-state index contributed by atoms with van der Waals surface area (Å²) in [6, 6.07) is 0.402. The van der Waals surface area contributed by atoms with E-state index in [1.165, 1.54) is 6.42 Å². The smallest absolute Gasteiger partial charge is 0.323 e.